The van der Waals surface area contributed by atoms with E-state index in [1.807, 2.05) is 172 Å². The van der Waals surface area contributed by atoms with Crippen molar-refractivity contribution in [1.82, 2.24) is 25.5 Å². The Morgan fingerprint density at radius 3 is 1.62 bits per heavy atom. The standard InChI is InChI=1S/C73H67N5O8/c1-48-24-28-50(29-25-48)69(51-30-26-49(2)27-31-51)76-68(79)46-85-58-36-32-52(33-37-58)70(64-41-40-59(83-4)43-67(64)84-5)77-71(80)66(75-72(81)86-45-65-62-22-14-12-20-60(62)61-21-13-15-23-63(61)65)42-56-44-78(47-74-56)73(53-16-8-6-9-17-53,54-18-10-7-11-19-54)55-34-38-57(82-3)39-35-55/h6-41,43-44,47,65-66,69-70H,42,45-46H2,1-5H3,(H,75,81)(H,76,79)(H,77,80)/t66-,70?/m0/s1. The highest BCUT2D eigenvalue weighted by Gasteiger charge is 2.39. The van der Waals surface area contributed by atoms with Crippen LogP contribution < -0.4 is 34.9 Å². The number of ether oxygens (including phenoxy) is 5. The minimum absolute atomic E-state index is 0.0309. The summed E-state index contributed by atoms with van der Waals surface area (Å²) < 4.78 is 31.5. The second-order valence-corrected chi connectivity index (χ2v) is 21.4. The van der Waals surface area contributed by atoms with Crippen LogP contribution in [0.5, 0.6) is 23.0 Å². The molecule has 1 aliphatic rings. The zero-order chi connectivity index (χ0) is 59.6. The number of amides is 3. The van der Waals surface area contributed by atoms with Crippen LogP contribution >= 0.6 is 0 Å². The number of nitrogens with one attached hydrogen (secondary N) is 3. The van der Waals surface area contributed by atoms with Crippen molar-refractivity contribution in [1.29, 1.82) is 0 Å². The molecular formula is C73H67N5O8. The lowest BCUT2D eigenvalue weighted by molar-refractivity contribution is -0.124. The quantitative estimate of drug-likeness (QED) is 0.0563. The number of carbonyl (C=O) groups is 3. The molecule has 86 heavy (non-hydrogen) atoms. The number of rotatable bonds is 22. The molecular weight excluding hydrogens is 1070 g/mol. The number of nitrogens with zero attached hydrogens (tertiary/aromatic N) is 2. The number of aromatic nitrogens is 2. The van der Waals surface area contributed by atoms with Crippen molar-refractivity contribution >= 4 is 17.9 Å². The minimum atomic E-state index is -1.23. The molecule has 432 valence electrons. The number of alkyl carbamates (subject to hydrolysis) is 1. The molecule has 0 saturated heterocycles. The van der Waals surface area contributed by atoms with E-state index in [9.17, 15) is 9.59 Å². The zero-order valence-electron chi connectivity index (χ0n) is 48.6. The Hall–Kier alpha value is -10.4. The Balaban J connectivity index is 0.908. The predicted octanol–water partition coefficient (Wildman–Crippen LogP) is 13.0. The van der Waals surface area contributed by atoms with Crippen LogP contribution in [-0.2, 0) is 26.3 Å². The first-order valence-corrected chi connectivity index (χ1v) is 28.6. The number of hydrogen-bond donors (Lipinski definition) is 3. The van der Waals surface area contributed by atoms with Crippen LogP contribution in [0.2, 0.25) is 0 Å². The van der Waals surface area contributed by atoms with Crippen molar-refractivity contribution in [3.63, 3.8) is 0 Å². The largest absolute Gasteiger partial charge is 0.497 e. The molecule has 0 fully saturated rings. The van der Waals surface area contributed by atoms with Crippen LogP contribution in [0, 0.1) is 13.8 Å². The van der Waals surface area contributed by atoms with E-state index in [2.05, 4.69) is 69.0 Å². The van der Waals surface area contributed by atoms with Crippen LogP contribution in [0.3, 0.4) is 0 Å². The minimum Gasteiger partial charge on any atom is -0.497 e. The van der Waals surface area contributed by atoms with Gasteiger partial charge in [0.15, 0.2) is 6.61 Å². The average molecular weight is 1140 g/mol. The molecule has 1 aliphatic carbocycles. The second kappa shape index (κ2) is 26.0. The number of benzene rings is 9. The normalized spacial score (nSPS) is 12.5. The molecule has 10 aromatic rings. The van der Waals surface area contributed by atoms with E-state index in [0.717, 1.165) is 61.2 Å². The fraction of sp³-hybridized carbons (Fsp3) is 0.178. The van der Waals surface area contributed by atoms with Gasteiger partial charge < -0.3 is 44.2 Å². The highest BCUT2D eigenvalue weighted by molar-refractivity contribution is 5.87. The van der Waals surface area contributed by atoms with Crippen molar-refractivity contribution in [2.45, 2.75) is 49.9 Å². The maximum Gasteiger partial charge on any atom is 0.407 e. The topological polar surface area (TPSA) is 151 Å². The first-order chi connectivity index (χ1) is 42.0. The van der Waals surface area contributed by atoms with Gasteiger partial charge in [0.2, 0.25) is 5.91 Å². The number of hydrogen-bond acceptors (Lipinski definition) is 9. The Bertz CT molecular complexity index is 3820. The van der Waals surface area contributed by atoms with E-state index in [1.165, 1.54) is 0 Å². The van der Waals surface area contributed by atoms with Gasteiger partial charge in [-0.25, -0.2) is 9.78 Å². The molecule has 1 heterocycles. The molecule has 13 nitrogen and oxygen atoms in total. The van der Waals surface area contributed by atoms with Gasteiger partial charge in [-0.3, -0.25) is 9.59 Å². The Morgan fingerprint density at radius 1 is 0.535 bits per heavy atom. The third-order valence-electron chi connectivity index (χ3n) is 16.0. The third-order valence-corrected chi connectivity index (χ3v) is 16.0. The Labute approximate surface area is 501 Å². The molecule has 3 amide bonds. The fourth-order valence-corrected chi connectivity index (χ4v) is 11.6. The van der Waals surface area contributed by atoms with Gasteiger partial charge in [-0.05, 0) is 106 Å². The maximum absolute atomic E-state index is 15.5. The zero-order valence-corrected chi connectivity index (χ0v) is 48.6. The Kier molecular flexibility index (Phi) is 17.4. The molecule has 0 bridgehead atoms. The molecule has 0 aliphatic heterocycles. The van der Waals surface area contributed by atoms with E-state index in [-0.39, 0.29) is 31.5 Å². The second-order valence-electron chi connectivity index (χ2n) is 21.4. The molecule has 9 aromatic carbocycles. The lowest BCUT2D eigenvalue weighted by Gasteiger charge is -2.37. The maximum atomic E-state index is 15.5. The van der Waals surface area contributed by atoms with E-state index in [4.69, 9.17) is 28.7 Å². The van der Waals surface area contributed by atoms with E-state index in [0.29, 0.717) is 39.8 Å². The van der Waals surface area contributed by atoms with Crippen molar-refractivity contribution in [3.8, 4) is 34.1 Å². The van der Waals surface area contributed by atoms with Gasteiger partial charge in [0, 0.05) is 30.2 Å². The summed E-state index contributed by atoms with van der Waals surface area (Å²) in [5, 5.41) is 9.44. The molecule has 11 rings (SSSR count). The van der Waals surface area contributed by atoms with Gasteiger partial charge in [0.25, 0.3) is 5.91 Å². The van der Waals surface area contributed by atoms with Crippen LogP contribution in [0.15, 0.2) is 237 Å². The van der Waals surface area contributed by atoms with Crippen molar-refractivity contribution in [2.75, 3.05) is 34.5 Å². The van der Waals surface area contributed by atoms with E-state index < -0.39 is 35.7 Å². The molecule has 1 unspecified atom stereocenters. The first kappa shape index (κ1) is 57.4. The summed E-state index contributed by atoms with van der Waals surface area (Å²) in [7, 11) is 4.76. The van der Waals surface area contributed by atoms with Crippen molar-refractivity contribution in [2.24, 2.45) is 0 Å². The third kappa shape index (κ3) is 12.3. The molecule has 0 radical (unpaired) electrons. The lowest BCUT2D eigenvalue weighted by atomic mass is 9.76. The summed E-state index contributed by atoms with van der Waals surface area (Å²) in [4.78, 5) is 48.6. The summed E-state index contributed by atoms with van der Waals surface area (Å²) in [6.45, 7) is 3.84. The van der Waals surface area contributed by atoms with E-state index >= 15 is 4.79 Å². The molecule has 2 atom stereocenters. The number of carbonyl (C=O) groups excluding carboxylic acids is 3. The van der Waals surface area contributed by atoms with Crippen molar-refractivity contribution < 1.29 is 38.1 Å². The highest BCUT2D eigenvalue weighted by atomic mass is 16.5. The SMILES string of the molecule is COc1ccc(C(c2ccccc2)(c2ccccc2)n2cnc(C[C@H](NC(=O)OCC3c4ccccc4-c4ccccc43)C(=O)NC(c3ccc(OCC(=O)NC(c4ccc(C)cc4)c4ccc(C)cc4)cc3)c3ccc(OC)cc3OC)c2)cc1. The number of methoxy groups -OCH3 is 3. The first-order valence-electron chi connectivity index (χ1n) is 28.6. The monoisotopic (exact) mass is 1140 g/mol. The molecule has 0 spiro atoms. The summed E-state index contributed by atoms with van der Waals surface area (Å²) >= 11 is 0. The van der Waals surface area contributed by atoms with Gasteiger partial charge in [0.05, 0.1) is 45.4 Å². The molecule has 0 saturated carbocycles. The van der Waals surface area contributed by atoms with Crippen molar-refractivity contribution in [3.05, 3.63) is 304 Å². The Morgan fingerprint density at radius 2 is 1.05 bits per heavy atom. The number of aryl methyl sites for hydroxylation is 2. The van der Waals surface area contributed by atoms with Crippen LogP contribution in [-0.4, -0.2) is 68.0 Å². The summed E-state index contributed by atoms with van der Waals surface area (Å²) in [6, 6.07) is 70.9. The molecule has 1 aromatic heterocycles. The van der Waals surface area contributed by atoms with Gasteiger partial charge in [0.1, 0.15) is 41.2 Å². The number of imidazole rings is 1. The molecule has 13 heteroatoms. The van der Waals surface area contributed by atoms with Gasteiger partial charge >= 0.3 is 6.09 Å². The van der Waals surface area contributed by atoms with Gasteiger partial charge in [-0.1, -0.05) is 193 Å². The average Bonchev–Trinajstić information content (AvgIpc) is 1.69. The van der Waals surface area contributed by atoms with Crippen LogP contribution in [0.1, 0.15) is 84.9 Å². The van der Waals surface area contributed by atoms with E-state index in [1.54, 1.807) is 51.9 Å². The highest BCUT2D eigenvalue weighted by Crippen LogP contribution is 2.45. The van der Waals surface area contributed by atoms with Crippen LogP contribution in [0.4, 0.5) is 4.79 Å². The van der Waals surface area contributed by atoms with Gasteiger partial charge in [-0.2, -0.15) is 0 Å². The molecule has 3 N–H and O–H groups in total. The summed E-state index contributed by atoms with van der Waals surface area (Å²) in [6.07, 6.45) is 2.88. The number of fused-ring (bicyclic) bond motifs is 3. The van der Waals surface area contributed by atoms with Crippen LogP contribution in [0.25, 0.3) is 11.1 Å². The van der Waals surface area contributed by atoms with Gasteiger partial charge in [-0.15, -0.1) is 0 Å². The smallest absolute Gasteiger partial charge is 0.407 e. The fourth-order valence-electron chi connectivity index (χ4n) is 11.6. The predicted molar refractivity (Wildman–Crippen MR) is 333 cm³/mol. The summed E-state index contributed by atoms with van der Waals surface area (Å²) in [5.74, 6) is 1.07. The lowest BCUT2D eigenvalue weighted by Crippen LogP contribution is -2.49. The summed E-state index contributed by atoms with van der Waals surface area (Å²) in [5.41, 5.74) is 12.1.